The van der Waals surface area contributed by atoms with Gasteiger partial charge in [0, 0.05) is 18.5 Å². The predicted molar refractivity (Wildman–Crippen MR) is 93.1 cm³/mol. The van der Waals surface area contributed by atoms with Crippen molar-refractivity contribution >= 4 is 11.1 Å². The Labute approximate surface area is 146 Å². The molecule has 0 radical (unpaired) electrons. The van der Waals surface area contributed by atoms with Crippen LogP contribution in [0.5, 0.6) is 0 Å². The van der Waals surface area contributed by atoms with Gasteiger partial charge in [-0.3, -0.25) is 10.00 Å². The molecule has 0 amide bonds. The summed E-state index contributed by atoms with van der Waals surface area (Å²) in [6.07, 6.45) is -0.110. The zero-order chi connectivity index (χ0) is 17.4. The van der Waals surface area contributed by atoms with E-state index in [-0.39, 0.29) is 11.5 Å². The van der Waals surface area contributed by atoms with Gasteiger partial charge in [-0.2, -0.15) is 5.10 Å². The lowest BCUT2D eigenvalue weighted by molar-refractivity contribution is -0.0391. The number of nitrogens with zero attached hydrogens (tertiary/aromatic N) is 4. The molecule has 1 aliphatic heterocycles. The Balaban J connectivity index is 1.46. The Morgan fingerprint density at radius 3 is 2.84 bits per heavy atom. The van der Waals surface area contributed by atoms with E-state index in [1.807, 2.05) is 24.3 Å². The number of benzene rings is 1. The van der Waals surface area contributed by atoms with Gasteiger partial charge >= 0.3 is 0 Å². The number of morpholine rings is 1. The lowest BCUT2D eigenvalue weighted by atomic mass is 9.96. The molecule has 1 saturated heterocycles. The minimum Gasteiger partial charge on any atom is -0.439 e. The summed E-state index contributed by atoms with van der Waals surface area (Å²) in [5.74, 6) is 2.32. The Hall–Kier alpha value is -2.25. The first-order valence-corrected chi connectivity index (χ1v) is 8.60. The Kier molecular flexibility index (Phi) is 4.05. The zero-order valence-corrected chi connectivity index (χ0v) is 14.8. The van der Waals surface area contributed by atoms with Crippen LogP contribution < -0.4 is 0 Å². The van der Waals surface area contributed by atoms with Gasteiger partial charge in [-0.15, -0.1) is 0 Å². The molecule has 1 aliphatic rings. The van der Waals surface area contributed by atoms with E-state index in [1.165, 1.54) is 0 Å². The molecule has 1 aromatic carbocycles. The van der Waals surface area contributed by atoms with E-state index in [2.05, 4.69) is 45.8 Å². The number of para-hydroxylation sites is 2. The largest absolute Gasteiger partial charge is 0.439 e. The summed E-state index contributed by atoms with van der Waals surface area (Å²) in [4.78, 5) is 11.5. The molecule has 132 valence electrons. The second-order valence-corrected chi connectivity index (χ2v) is 7.46. The highest BCUT2D eigenvalue weighted by molar-refractivity contribution is 5.72. The van der Waals surface area contributed by atoms with Crippen LogP contribution in [0, 0.1) is 0 Å². The van der Waals surface area contributed by atoms with Crippen LogP contribution in [0.15, 0.2) is 28.7 Å². The van der Waals surface area contributed by atoms with Gasteiger partial charge in [0.05, 0.1) is 13.2 Å². The summed E-state index contributed by atoms with van der Waals surface area (Å²) >= 11 is 0. The van der Waals surface area contributed by atoms with Crippen LogP contribution in [0.1, 0.15) is 44.4 Å². The van der Waals surface area contributed by atoms with E-state index in [1.54, 1.807) is 0 Å². The Morgan fingerprint density at radius 2 is 2.08 bits per heavy atom. The molecular formula is C18H23N5O2. The highest BCUT2D eigenvalue weighted by atomic mass is 16.5. The number of nitrogens with one attached hydrogen (secondary N) is 1. The minimum absolute atomic E-state index is 0.0820. The van der Waals surface area contributed by atoms with Crippen LogP contribution >= 0.6 is 0 Å². The summed E-state index contributed by atoms with van der Waals surface area (Å²) in [6.45, 7) is 9.18. The maximum atomic E-state index is 5.89. The Morgan fingerprint density at radius 1 is 1.24 bits per heavy atom. The fraction of sp³-hybridized carbons (Fsp3) is 0.500. The molecule has 0 spiro atoms. The monoisotopic (exact) mass is 341 g/mol. The third kappa shape index (κ3) is 3.43. The SMILES string of the molecule is CC(C)(C)c1n[nH]c(C2CN(Cc3nc4ccccc4o3)CCO2)n1. The average Bonchev–Trinajstić information content (AvgIpc) is 3.21. The van der Waals surface area contributed by atoms with Gasteiger partial charge in [0.25, 0.3) is 0 Å². The predicted octanol–water partition coefficient (Wildman–Crippen LogP) is 2.82. The van der Waals surface area contributed by atoms with Crippen LogP contribution in [0.3, 0.4) is 0 Å². The first-order chi connectivity index (χ1) is 12.0. The Bertz CT molecular complexity index is 831. The van der Waals surface area contributed by atoms with Crippen LogP contribution in [0.4, 0.5) is 0 Å². The summed E-state index contributed by atoms with van der Waals surface area (Å²) in [6, 6.07) is 7.83. The van der Waals surface area contributed by atoms with Crippen molar-refractivity contribution in [3.63, 3.8) is 0 Å². The number of hydrogen-bond donors (Lipinski definition) is 1. The molecule has 1 N–H and O–H groups in total. The molecule has 0 bridgehead atoms. The molecule has 1 unspecified atom stereocenters. The number of rotatable bonds is 3. The summed E-state index contributed by atoms with van der Waals surface area (Å²) in [5.41, 5.74) is 1.64. The van der Waals surface area contributed by atoms with E-state index >= 15 is 0 Å². The van der Waals surface area contributed by atoms with E-state index in [0.29, 0.717) is 13.2 Å². The van der Waals surface area contributed by atoms with Crippen molar-refractivity contribution in [2.45, 2.75) is 38.8 Å². The van der Waals surface area contributed by atoms with Crippen molar-refractivity contribution in [1.82, 2.24) is 25.1 Å². The highest BCUT2D eigenvalue weighted by Crippen LogP contribution is 2.24. The smallest absolute Gasteiger partial charge is 0.209 e. The van der Waals surface area contributed by atoms with E-state index < -0.39 is 0 Å². The number of oxazole rings is 1. The molecule has 0 saturated carbocycles. The third-order valence-electron chi connectivity index (χ3n) is 4.33. The van der Waals surface area contributed by atoms with Gasteiger partial charge in [-0.1, -0.05) is 32.9 Å². The van der Waals surface area contributed by atoms with Crippen molar-refractivity contribution in [2.24, 2.45) is 0 Å². The number of H-pyrrole nitrogens is 1. The first kappa shape index (κ1) is 16.2. The summed E-state index contributed by atoms with van der Waals surface area (Å²) < 4.78 is 11.7. The van der Waals surface area contributed by atoms with E-state index in [9.17, 15) is 0 Å². The second kappa shape index (κ2) is 6.24. The van der Waals surface area contributed by atoms with Crippen molar-refractivity contribution in [3.8, 4) is 0 Å². The zero-order valence-electron chi connectivity index (χ0n) is 14.8. The molecule has 1 fully saturated rings. The van der Waals surface area contributed by atoms with Crippen molar-refractivity contribution < 1.29 is 9.15 Å². The molecular weight excluding hydrogens is 318 g/mol. The number of aromatic nitrogens is 4. The summed E-state index contributed by atoms with van der Waals surface area (Å²) in [7, 11) is 0. The van der Waals surface area contributed by atoms with Crippen molar-refractivity contribution in [2.75, 3.05) is 19.7 Å². The maximum absolute atomic E-state index is 5.89. The molecule has 7 nitrogen and oxygen atoms in total. The van der Waals surface area contributed by atoms with Gasteiger partial charge in [0.15, 0.2) is 17.2 Å². The number of hydrogen-bond acceptors (Lipinski definition) is 6. The normalized spacial score (nSPS) is 19.6. The lowest BCUT2D eigenvalue weighted by Gasteiger charge is -2.30. The number of aromatic amines is 1. The molecule has 3 aromatic rings. The van der Waals surface area contributed by atoms with Crippen LogP contribution in [-0.2, 0) is 16.7 Å². The van der Waals surface area contributed by atoms with Crippen LogP contribution in [0.2, 0.25) is 0 Å². The van der Waals surface area contributed by atoms with Gasteiger partial charge < -0.3 is 9.15 Å². The van der Waals surface area contributed by atoms with Gasteiger partial charge in [-0.25, -0.2) is 9.97 Å². The topological polar surface area (TPSA) is 80.1 Å². The molecule has 3 heterocycles. The van der Waals surface area contributed by atoms with Crippen LogP contribution in [-0.4, -0.2) is 44.8 Å². The average molecular weight is 341 g/mol. The van der Waals surface area contributed by atoms with Crippen LogP contribution in [0.25, 0.3) is 11.1 Å². The van der Waals surface area contributed by atoms with E-state index in [4.69, 9.17) is 9.15 Å². The lowest BCUT2D eigenvalue weighted by Crippen LogP contribution is -2.38. The third-order valence-corrected chi connectivity index (χ3v) is 4.33. The highest BCUT2D eigenvalue weighted by Gasteiger charge is 2.28. The molecule has 7 heteroatoms. The van der Waals surface area contributed by atoms with Gasteiger partial charge in [0.1, 0.15) is 11.6 Å². The molecule has 25 heavy (non-hydrogen) atoms. The fourth-order valence-corrected chi connectivity index (χ4v) is 2.94. The van der Waals surface area contributed by atoms with Crippen molar-refractivity contribution in [1.29, 1.82) is 0 Å². The summed E-state index contributed by atoms with van der Waals surface area (Å²) in [5, 5.41) is 7.37. The molecule has 1 atom stereocenters. The van der Waals surface area contributed by atoms with Gasteiger partial charge in [-0.05, 0) is 12.1 Å². The fourth-order valence-electron chi connectivity index (χ4n) is 2.94. The maximum Gasteiger partial charge on any atom is 0.209 e. The number of fused-ring (bicyclic) bond motifs is 1. The minimum atomic E-state index is -0.110. The first-order valence-electron chi connectivity index (χ1n) is 8.60. The number of ether oxygens (including phenoxy) is 1. The van der Waals surface area contributed by atoms with Gasteiger partial charge in [0.2, 0.25) is 5.89 Å². The van der Waals surface area contributed by atoms with E-state index in [0.717, 1.165) is 41.7 Å². The molecule has 4 rings (SSSR count). The second-order valence-electron chi connectivity index (χ2n) is 7.46. The molecule has 2 aromatic heterocycles. The van der Waals surface area contributed by atoms with Crippen molar-refractivity contribution in [3.05, 3.63) is 41.8 Å². The standard InChI is InChI=1S/C18H23N5O2/c1-18(2,3)17-20-16(21-22-17)14-10-23(8-9-24-14)11-15-19-12-6-4-5-7-13(12)25-15/h4-7,14H,8-11H2,1-3H3,(H,20,21,22). The quantitative estimate of drug-likeness (QED) is 0.789. The molecule has 0 aliphatic carbocycles.